The molecule has 0 radical (unpaired) electrons. The van der Waals surface area contributed by atoms with Gasteiger partial charge >= 0.3 is 0 Å². The van der Waals surface area contributed by atoms with Gasteiger partial charge < -0.3 is 16.0 Å². The van der Waals surface area contributed by atoms with Crippen LogP contribution in [0.1, 0.15) is 23.2 Å². The second-order valence-corrected chi connectivity index (χ2v) is 6.11. The average Bonchev–Trinajstić information content (AvgIpc) is 2.62. The molecule has 1 saturated heterocycles. The molecule has 0 aromatic heterocycles. The largest absolute Gasteiger partial charge is 0.369 e. The molecule has 1 aliphatic rings. The molecule has 3 N–H and O–H groups in total. The number of para-hydroxylation sites is 2. The molecule has 1 aliphatic heterocycles. The van der Waals surface area contributed by atoms with E-state index in [9.17, 15) is 14.0 Å². The van der Waals surface area contributed by atoms with Crippen molar-refractivity contribution in [3.63, 3.8) is 0 Å². The van der Waals surface area contributed by atoms with Gasteiger partial charge in [-0.25, -0.2) is 4.39 Å². The van der Waals surface area contributed by atoms with Gasteiger partial charge in [-0.15, -0.1) is 0 Å². The van der Waals surface area contributed by atoms with Crippen LogP contribution >= 0.6 is 0 Å². The zero-order valence-electron chi connectivity index (χ0n) is 13.7. The molecule has 0 atom stereocenters. The highest BCUT2D eigenvalue weighted by Gasteiger charge is 2.26. The number of nitrogens with zero attached hydrogens (tertiary/aromatic N) is 1. The van der Waals surface area contributed by atoms with Crippen molar-refractivity contribution in [2.45, 2.75) is 12.8 Å². The predicted octanol–water partition coefficient (Wildman–Crippen LogP) is 2.78. The van der Waals surface area contributed by atoms with Crippen LogP contribution in [0.3, 0.4) is 0 Å². The highest BCUT2D eigenvalue weighted by molar-refractivity contribution is 6.03. The van der Waals surface area contributed by atoms with Crippen molar-refractivity contribution in [2.24, 2.45) is 11.7 Å². The Morgan fingerprint density at radius 1 is 1.04 bits per heavy atom. The number of primary amides is 1. The lowest BCUT2D eigenvalue weighted by Gasteiger charge is -2.33. The van der Waals surface area contributed by atoms with Crippen LogP contribution in [0.5, 0.6) is 0 Å². The molecule has 3 rings (SSSR count). The van der Waals surface area contributed by atoms with E-state index in [1.165, 1.54) is 6.07 Å². The highest BCUT2D eigenvalue weighted by Crippen LogP contribution is 2.26. The number of nitrogens with two attached hydrogens (primary N) is 1. The molecular formula is C19H20FN3O2. The first-order valence-corrected chi connectivity index (χ1v) is 8.25. The number of halogens is 1. The second kappa shape index (κ2) is 7.34. The maximum absolute atomic E-state index is 13.9. The molecule has 0 unspecified atom stereocenters. The van der Waals surface area contributed by atoms with E-state index in [1.807, 2.05) is 4.90 Å². The van der Waals surface area contributed by atoms with E-state index >= 15 is 0 Å². The number of amides is 2. The van der Waals surface area contributed by atoms with E-state index in [2.05, 4.69) is 5.32 Å². The van der Waals surface area contributed by atoms with Crippen LogP contribution in [0, 0.1) is 11.7 Å². The van der Waals surface area contributed by atoms with Crippen molar-refractivity contribution in [1.82, 2.24) is 0 Å². The van der Waals surface area contributed by atoms with Crippen LogP contribution in [0.15, 0.2) is 48.5 Å². The lowest BCUT2D eigenvalue weighted by molar-refractivity contribution is -0.120. The topological polar surface area (TPSA) is 75.4 Å². The number of piperidine rings is 1. The van der Waals surface area contributed by atoms with Gasteiger partial charge in [0.25, 0.3) is 5.91 Å². The van der Waals surface area contributed by atoms with Gasteiger partial charge in [-0.2, -0.15) is 0 Å². The molecule has 5 nitrogen and oxygen atoms in total. The summed E-state index contributed by atoms with van der Waals surface area (Å²) in [5.74, 6) is -1.14. The monoisotopic (exact) mass is 341 g/mol. The van der Waals surface area contributed by atoms with Crippen molar-refractivity contribution in [1.29, 1.82) is 0 Å². The molecule has 1 fully saturated rings. The Balaban J connectivity index is 1.63. The molecule has 6 heteroatoms. The van der Waals surface area contributed by atoms with E-state index in [1.54, 1.807) is 42.5 Å². The van der Waals surface area contributed by atoms with Gasteiger partial charge in [0.1, 0.15) is 5.82 Å². The zero-order valence-corrected chi connectivity index (χ0v) is 13.7. The molecule has 25 heavy (non-hydrogen) atoms. The molecule has 0 saturated carbocycles. The lowest BCUT2D eigenvalue weighted by atomic mass is 9.95. The third-order valence-electron chi connectivity index (χ3n) is 4.51. The van der Waals surface area contributed by atoms with Crippen molar-refractivity contribution in [3.8, 4) is 0 Å². The van der Waals surface area contributed by atoms with Crippen LogP contribution in [0.25, 0.3) is 0 Å². The van der Waals surface area contributed by atoms with Gasteiger partial charge in [0, 0.05) is 19.0 Å². The van der Waals surface area contributed by atoms with Crippen LogP contribution in [-0.4, -0.2) is 24.9 Å². The molecular weight excluding hydrogens is 321 g/mol. The van der Waals surface area contributed by atoms with E-state index in [0.29, 0.717) is 42.9 Å². The summed E-state index contributed by atoms with van der Waals surface area (Å²) in [6.07, 6.45) is 1.25. The third kappa shape index (κ3) is 3.79. The van der Waals surface area contributed by atoms with Gasteiger partial charge in [-0.05, 0) is 37.1 Å². The summed E-state index contributed by atoms with van der Waals surface area (Å²) >= 11 is 0. The van der Waals surface area contributed by atoms with Crippen molar-refractivity contribution >= 4 is 23.2 Å². The van der Waals surface area contributed by atoms with Gasteiger partial charge in [0.05, 0.1) is 16.9 Å². The standard InChI is InChI=1S/C19H20FN3O2/c20-15-6-2-4-8-17(15)23-11-9-13(10-12-23)19(25)22-16-7-3-1-5-14(16)18(21)24/h1-8,13H,9-12H2,(H2,21,24)(H,22,25). The van der Waals surface area contributed by atoms with Crippen molar-refractivity contribution in [3.05, 3.63) is 59.9 Å². The number of benzene rings is 2. The molecule has 130 valence electrons. The predicted molar refractivity (Wildman–Crippen MR) is 94.9 cm³/mol. The minimum atomic E-state index is -0.578. The SMILES string of the molecule is NC(=O)c1ccccc1NC(=O)C1CCN(c2ccccc2F)CC1. The fourth-order valence-corrected chi connectivity index (χ4v) is 3.13. The van der Waals surface area contributed by atoms with Crippen LogP contribution in [-0.2, 0) is 4.79 Å². The molecule has 1 heterocycles. The summed E-state index contributed by atoms with van der Waals surface area (Å²) in [6.45, 7) is 1.22. The van der Waals surface area contributed by atoms with E-state index in [-0.39, 0.29) is 17.6 Å². The first-order chi connectivity index (χ1) is 12.1. The normalized spacial score (nSPS) is 15.0. The Morgan fingerprint density at radius 2 is 1.68 bits per heavy atom. The number of carbonyl (C=O) groups is 2. The maximum Gasteiger partial charge on any atom is 0.250 e. The fraction of sp³-hybridized carbons (Fsp3) is 0.263. The number of rotatable bonds is 4. The minimum Gasteiger partial charge on any atom is -0.369 e. The molecule has 0 spiro atoms. The molecule has 0 aliphatic carbocycles. The second-order valence-electron chi connectivity index (χ2n) is 6.11. The van der Waals surface area contributed by atoms with Crippen LogP contribution < -0.4 is 16.0 Å². The first kappa shape index (κ1) is 17.0. The maximum atomic E-state index is 13.9. The minimum absolute atomic E-state index is 0.137. The smallest absolute Gasteiger partial charge is 0.250 e. The van der Waals surface area contributed by atoms with Gasteiger partial charge in [-0.1, -0.05) is 24.3 Å². The molecule has 2 aromatic carbocycles. The van der Waals surface area contributed by atoms with E-state index in [4.69, 9.17) is 5.73 Å². The van der Waals surface area contributed by atoms with Gasteiger partial charge in [0.15, 0.2) is 0 Å². The number of hydrogen-bond donors (Lipinski definition) is 2. The fourth-order valence-electron chi connectivity index (χ4n) is 3.13. The summed E-state index contributed by atoms with van der Waals surface area (Å²) in [6, 6.07) is 13.3. The number of hydrogen-bond acceptors (Lipinski definition) is 3. The Morgan fingerprint density at radius 3 is 2.36 bits per heavy atom. The Hall–Kier alpha value is -2.89. The van der Waals surface area contributed by atoms with Crippen molar-refractivity contribution in [2.75, 3.05) is 23.3 Å². The summed E-state index contributed by atoms with van der Waals surface area (Å²) in [5.41, 5.74) is 6.62. The van der Waals surface area contributed by atoms with Gasteiger partial charge in [-0.3, -0.25) is 9.59 Å². The van der Waals surface area contributed by atoms with Crippen LogP contribution in [0.2, 0.25) is 0 Å². The number of nitrogens with one attached hydrogen (secondary N) is 1. The summed E-state index contributed by atoms with van der Waals surface area (Å²) in [7, 11) is 0. The molecule has 2 aromatic rings. The number of anilines is 2. The van der Waals surface area contributed by atoms with Crippen molar-refractivity contribution < 1.29 is 14.0 Å². The Labute approximate surface area is 145 Å². The molecule has 2 amide bonds. The van der Waals surface area contributed by atoms with Gasteiger partial charge in [0.2, 0.25) is 5.91 Å². The Kier molecular flexibility index (Phi) is 4.97. The summed E-state index contributed by atoms with van der Waals surface area (Å²) in [5, 5.41) is 2.80. The highest BCUT2D eigenvalue weighted by atomic mass is 19.1. The summed E-state index contributed by atoms with van der Waals surface area (Å²) in [4.78, 5) is 25.9. The van der Waals surface area contributed by atoms with E-state index in [0.717, 1.165) is 0 Å². The lowest BCUT2D eigenvalue weighted by Crippen LogP contribution is -2.38. The summed E-state index contributed by atoms with van der Waals surface area (Å²) < 4.78 is 13.9. The number of carbonyl (C=O) groups excluding carboxylic acids is 2. The van der Waals surface area contributed by atoms with Crippen LogP contribution in [0.4, 0.5) is 15.8 Å². The van der Waals surface area contributed by atoms with E-state index < -0.39 is 5.91 Å². The average molecular weight is 341 g/mol. The Bertz CT molecular complexity index is 786. The quantitative estimate of drug-likeness (QED) is 0.898. The first-order valence-electron chi connectivity index (χ1n) is 8.25. The third-order valence-corrected chi connectivity index (χ3v) is 4.51. The zero-order chi connectivity index (χ0) is 17.8. The molecule has 0 bridgehead atoms.